The molecule has 1 fully saturated rings. The number of benzene rings is 1. The van der Waals surface area contributed by atoms with Gasteiger partial charge >= 0.3 is 0 Å². The molecule has 3 atom stereocenters. The van der Waals surface area contributed by atoms with E-state index in [9.17, 15) is 0 Å². The summed E-state index contributed by atoms with van der Waals surface area (Å²) in [4.78, 5) is 4.27. The molecule has 3 unspecified atom stereocenters. The number of nitrogens with one attached hydrogen (secondary N) is 1. The number of hydrogen-bond acceptors (Lipinski definition) is 3. The number of nitrogens with zero attached hydrogens (tertiary/aromatic N) is 1. The van der Waals surface area contributed by atoms with E-state index in [2.05, 4.69) is 55.3 Å². The second-order valence-electron chi connectivity index (χ2n) is 6.82. The van der Waals surface area contributed by atoms with Gasteiger partial charge in [-0.05, 0) is 24.0 Å². The number of hydrogen-bond donors (Lipinski definition) is 1. The second kappa shape index (κ2) is 6.72. The third-order valence-corrected chi connectivity index (χ3v) is 6.31. The van der Waals surface area contributed by atoms with Crippen molar-refractivity contribution in [3.63, 3.8) is 0 Å². The maximum absolute atomic E-state index is 3.73. The molecule has 0 radical (unpaired) electrons. The Morgan fingerprint density at radius 3 is 2.90 bits per heavy atom. The highest BCUT2D eigenvalue weighted by Crippen LogP contribution is 2.40. The molecule has 0 aromatic heterocycles. The van der Waals surface area contributed by atoms with Gasteiger partial charge in [0.2, 0.25) is 0 Å². The molecule has 21 heavy (non-hydrogen) atoms. The lowest BCUT2D eigenvalue weighted by atomic mass is 9.94. The summed E-state index contributed by atoms with van der Waals surface area (Å²) in [5, 5.41) is 3.73. The van der Waals surface area contributed by atoms with Crippen LogP contribution in [-0.2, 0) is 0 Å². The maximum atomic E-state index is 3.73. The van der Waals surface area contributed by atoms with Crippen LogP contribution in [0.25, 0.3) is 0 Å². The monoisotopic (exact) mass is 304 g/mol. The Hall–Kier alpha value is -0.510. The van der Waals surface area contributed by atoms with Crippen molar-refractivity contribution < 1.29 is 0 Å². The molecule has 0 amide bonds. The van der Waals surface area contributed by atoms with Crippen LogP contribution in [0.5, 0.6) is 0 Å². The summed E-state index contributed by atoms with van der Waals surface area (Å²) < 4.78 is 0. The first-order chi connectivity index (χ1) is 10.2. The van der Waals surface area contributed by atoms with Crippen LogP contribution in [0.15, 0.2) is 29.2 Å². The Labute approximate surface area is 133 Å². The van der Waals surface area contributed by atoms with Crippen LogP contribution in [0.3, 0.4) is 0 Å². The zero-order valence-electron chi connectivity index (χ0n) is 13.5. The fraction of sp³-hybridized carbons (Fsp3) is 0.667. The molecule has 1 saturated heterocycles. The maximum Gasteiger partial charge on any atom is 0.0244 e. The van der Waals surface area contributed by atoms with Crippen LogP contribution in [0, 0.1) is 5.92 Å². The van der Waals surface area contributed by atoms with E-state index in [0.717, 1.165) is 12.5 Å². The first kappa shape index (κ1) is 15.4. The Bertz CT molecular complexity index is 474. The molecule has 2 heterocycles. The molecule has 0 aliphatic carbocycles. The molecule has 1 aromatic rings. The minimum absolute atomic E-state index is 0.671. The molecule has 1 aromatic carbocycles. The standard InChI is InChI=1S/C18H28N2S/c1-4-15-11-20(17(9-19-15)13(2)3)10-14-12-21-18-8-6-5-7-16(14)18/h5-8,13-15,17,19H,4,9-12H2,1-3H3. The van der Waals surface area contributed by atoms with Gasteiger partial charge in [-0.2, -0.15) is 0 Å². The smallest absolute Gasteiger partial charge is 0.0244 e. The SMILES string of the molecule is CCC1CN(CC2CSc3ccccc32)C(C(C)C)CN1. The molecule has 0 spiro atoms. The normalized spacial score (nSPS) is 29.8. The largest absolute Gasteiger partial charge is 0.311 e. The van der Waals surface area contributed by atoms with Gasteiger partial charge in [0.25, 0.3) is 0 Å². The molecule has 3 rings (SSSR count). The number of rotatable bonds is 4. The van der Waals surface area contributed by atoms with Gasteiger partial charge in [0.15, 0.2) is 0 Å². The summed E-state index contributed by atoms with van der Waals surface area (Å²) in [7, 11) is 0. The van der Waals surface area contributed by atoms with Crippen LogP contribution in [0.1, 0.15) is 38.7 Å². The Morgan fingerprint density at radius 2 is 2.14 bits per heavy atom. The van der Waals surface area contributed by atoms with Gasteiger partial charge in [-0.25, -0.2) is 0 Å². The molecule has 0 saturated carbocycles. The van der Waals surface area contributed by atoms with Crippen LogP contribution in [0.2, 0.25) is 0 Å². The van der Waals surface area contributed by atoms with Gasteiger partial charge in [0.05, 0.1) is 0 Å². The van der Waals surface area contributed by atoms with E-state index in [4.69, 9.17) is 0 Å². The lowest BCUT2D eigenvalue weighted by molar-refractivity contribution is 0.0926. The van der Waals surface area contributed by atoms with E-state index in [1.54, 1.807) is 5.56 Å². The number of piperazine rings is 1. The van der Waals surface area contributed by atoms with E-state index in [1.165, 1.54) is 30.2 Å². The zero-order chi connectivity index (χ0) is 14.8. The Morgan fingerprint density at radius 1 is 1.33 bits per heavy atom. The van der Waals surface area contributed by atoms with E-state index >= 15 is 0 Å². The first-order valence-corrected chi connectivity index (χ1v) is 9.36. The van der Waals surface area contributed by atoms with E-state index in [0.29, 0.717) is 18.0 Å². The van der Waals surface area contributed by atoms with Crippen molar-refractivity contribution >= 4 is 11.8 Å². The highest BCUT2D eigenvalue weighted by atomic mass is 32.2. The van der Waals surface area contributed by atoms with E-state index in [-0.39, 0.29) is 0 Å². The molecule has 2 aliphatic heterocycles. The van der Waals surface area contributed by atoms with Crippen LogP contribution in [0.4, 0.5) is 0 Å². The fourth-order valence-electron chi connectivity index (χ4n) is 3.70. The Kier molecular flexibility index (Phi) is 4.92. The van der Waals surface area contributed by atoms with Gasteiger partial charge in [-0.1, -0.05) is 39.0 Å². The average Bonchev–Trinajstić information content (AvgIpc) is 2.90. The zero-order valence-corrected chi connectivity index (χ0v) is 14.3. The van der Waals surface area contributed by atoms with Gasteiger partial charge in [0.1, 0.15) is 0 Å². The van der Waals surface area contributed by atoms with Crippen LogP contribution in [-0.4, -0.2) is 42.4 Å². The van der Waals surface area contributed by atoms with Crippen LogP contribution < -0.4 is 5.32 Å². The Balaban J connectivity index is 1.72. The van der Waals surface area contributed by atoms with E-state index in [1.807, 2.05) is 11.8 Å². The fourth-order valence-corrected chi connectivity index (χ4v) is 4.95. The van der Waals surface area contributed by atoms with Gasteiger partial charge in [-0.3, -0.25) is 4.90 Å². The molecule has 2 nitrogen and oxygen atoms in total. The van der Waals surface area contributed by atoms with Crippen LogP contribution >= 0.6 is 11.8 Å². The summed E-state index contributed by atoms with van der Waals surface area (Å²) in [6.45, 7) is 10.6. The molecule has 0 bridgehead atoms. The minimum atomic E-state index is 0.671. The molecule has 2 aliphatic rings. The van der Waals surface area contributed by atoms with Crippen molar-refractivity contribution in [1.29, 1.82) is 0 Å². The third-order valence-electron chi connectivity index (χ3n) is 5.06. The molecule has 3 heteroatoms. The van der Waals surface area contributed by atoms with Crippen molar-refractivity contribution in [1.82, 2.24) is 10.2 Å². The summed E-state index contributed by atoms with van der Waals surface area (Å²) >= 11 is 2.04. The lowest BCUT2D eigenvalue weighted by Crippen LogP contribution is -2.58. The van der Waals surface area contributed by atoms with Crippen molar-refractivity contribution in [2.24, 2.45) is 5.92 Å². The van der Waals surface area contributed by atoms with Crippen molar-refractivity contribution in [3.05, 3.63) is 29.8 Å². The third kappa shape index (κ3) is 3.30. The predicted molar refractivity (Wildman–Crippen MR) is 92.2 cm³/mol. The highest BCUT2D eigenvalue weighted by Gasteiger charge is 2.32. The quantitative estimate of drug-likeness (QED) is 0.915. The van der Waals surface area contributed by atoms with E-state index < -0.39 is 0 Å². The summed E-state index contributed by atoms with van der Waals surface area (Å²) in [5.74, 6) is 2.69. The molecule has 116 valence electrons. The van der Waals surface area contributed by atoms with Crippen molar-refractivity contribution in [2.45, 2.75) is 50.1 Å². The number of fused-ring (bicyclic) bond motifs is 1. The lowest BCUT2D eigenvalue weighted by Gasteiger charge is -2.43. The highest BCUT2D eigenvalue weighted by molar-refractivity contribution is 7.99. The predicted octanol–water partition coefficient (Wildman–Crippen LogP) is 3.58. The summed E-state index contributed by atoms with van der Waals surface area (Å²) in [6.07, 6.45) is 1.23. The topological polar surface area (TPSA) is 15.3 Å². The molecular weight excluding hydrogens is 276 g/mol. The number of thioether (sulfide) groups is 1. The summed E-state index contributed by atoms with van der Waals surface area (Å²) in [5.41, 5.74) is 1.58. The first-order valence-electron chi connectivity index (χ1n) is 8.38. The van der Waals surface area contributed by atoms with Crippen molar-refractivity contribution in [3.8, 4) is 0 Å². The molecular formula is C18H28N2S. The average molecular weight is 305 g/mol. The molecule has 1 N–H and O–H groups in total. The summed E-state index contributed by atoms with van der Waals surface area (Å²) in [6, 6.07) is 10.3. The second-order valence-corrected chi connectivity index (χ2v) is 7.89. The minimum Gasteiger partial charge on any atom is -0.311 e. The van der Waals surface area contributed by atoms with Gasteiger partial charge in [-0.15, -0.1) is 11.8 Å². The van der Waals surface area contributed by atoms with Gasteiger partial charge < -0.3 is 5.32 Å². The van der Waals surface area contributed by atoms with Gasteiger partial charge in [0, 0.05) is 48.3 Å². The van der Waals surface area contributed by atoms with Crippen molar-refractivity contribution in [2.75, 3.05) is 25.4 Å².